The highest BCUT2D eigenvalue weighted by molar-refractivity contribution is 6.23. The van der Waals surface area contributed by atoms with Crippen molar-refractivity contribution in [3.63, 3.8) is 0 Å². The van der Waals surface area contributed by atoms with E-state index in [2.05, 4.69) is 5.16 Å². The highest BCUT2D eigenvalue weighted by atomic mass is 35.5. The lowest BCUT2D eigenvalue weighted by Gasteiger charge is -2.52. The monoisotopic (exact) mass is 213 g/mol. The molecular weight excluding hydrogens is 198 g/mol. The van der Waals surface area contributed by atoms with Gasteiger partial charge in [0.1, 0.15) is 7.11 Å². The molecule has 0 radical (unpaired) electrons. The highest BCUT2D eigenvalue weighted by Gasteiger charge is 2.51. The van der Waals surface area contributed by atoms with Crippen molar-refractivity contribution in [3.8, 4) is 0 Å². The van der Waals surface area contributed by atoms with Gasteiger partial charge in [-0.25, -0.2) is 0 Å². The number of halogens is 1. The standard InChI is InChI=1S/C11H16ClNO/c1-14-13-11-8-3-6-2-7(5-8)10(12)9(11)4-6/h6-10H,2-5H2,1H3/b13-11+/t6?,7?,8?,9?,10-/m1/s1. The highest BCUT2D eigenvalue weighted by Crippen LogP contribution is 2.54. The molecule has 3 heteroatoms. The van der Waals surface area contributed by atoms with Crippen molar-refractivity contribution in [2.45, 2.75) is 31.1 Å². The van der Waals surface area contributed by atoms with E-state index in [1.165, 1.54) is 31.4 Å². The first-order valence-electron chi connectivity index (χ1n) is 5.54. The fourth-order valence-corrected chi connectivity index (χ4v) is 4.27. The van der Waals surface area contributed by atoms with Crippen LogP contribution < -0.4 is 0 Å². The van der Waals surface area contributed by atoms with Gasteiger partial charge in [-0.15, -0.1) is 11.6 Å². The van der Waals surface area contributed by atoms with Gasteiger partial charge in [0, 0.05) is 17.2 Å². The van der Waals surface area contributed by atoms with E-state index < -0.39 is 0 Å². The number of nitrogens with zero attached hydrogens (tertiary/aromatic N) is 1. The molecule has 0 aliphatic heterocycles. The predicted molar refractivity (Wildman–Crippen MR) is 56.5 cm³/mol. The second-order valence-corrected chi connectivity index (χ2v) is 5.52. The van der Waals surface area contributed by atoms with E-state index in [0.717, 1.165) is 11.8 Å². The van der Waals surface area contributed by atoms with Crippen LogP contribution in [-0.4, -0.2) is 18.2 Å². The molecule has 4 saturated carbocycles. The fraction of sp³-hybridized carbons (Fsp3) is 0.909. The largest absolute Gasteiger partial charge is 0.399 e. The summed E-state index contributed by atoms with van der Waals surface area (Å²) >= 11 is 6.46. The molecule has 14 heavy (non-hydrogen) atoms. The zero-order valence-electron chi connectivity index (χ0n) is 8.45. The molecule has 5 atom stereocenters. The number of oxime groups is 1. The third kappa shape index (κ3) is 1.13. The van der Waals surface area contributed by atoms with Crippen LogP contribution in [0.4, 0.5) is 0 Å². The minimum absolute atomic E-state index is 0.330. The van der Waals surface area contributed by atoms with Gasteiger partial charge in [-0.05, 0) is 37.5 Å². The van der Waals surface area contributed by atoms with Gasteiger partial charge in [0.25, 0.3) is 0 Å². The van der Waals surface area contributed by atoms with E-state index in [1.807, 2.05) is 0 Å². The van der Waals surface area contributed by atoms with Crippen LogP contribution in [0.25, 0.3) is 0 Å². The SMILES string of the molecule is CO/N=C1\C2CC3CC(C2)[C@@H](Cl)C1C3. The Morgan fingerprint density at radius 3 is 2.93 bits per heavy atom. The molecule has 0 heterocycles. The molecule has 0 spiro atoms. The molecule has 4 unspecified atom stereocenters. The molecule has 0 saturated heterocycles. The minimum atomic E-state index is 0.330. The Hall–Kier alpha value is -0.240. The summed E-state index contributed by atoms with van der Waals surface area (Å²) in [5.74, 6) is 2.89. The quantitative estimate of drug-likeness (QED) is 0.485. The van der Waals surface area contributed by atoms with Gasteiger partial charge in [-0.3, -0.25) is 0 Å². The van der Waals surface area contributed by atoms with E-state index >= 15 is 0 Å². The molecule has 0 N–H and O–H groups in total. The van der Waals surface area contributed by atoms with Gasteiger partial charge in [-0.1, -0.05) is 5.16 Å². The molecule has 0 amide bonds. The van der Waals surface area contributed by atoms with Gasteiger partial charge in [0.05, 0.1) is 5.71 Å². The average molecular weight is 214 g/mol. The fourth-order valence-electron chi connectivity index (χ4n) is 3.83. The summed E-state index contributed by atoms with van der Waals surface area (Å²) < 4.78 is 0. The summed E-state index contributed by atoms with van der Waals surface area (Å²) in [5.41, 5.74) is 1.26. The maximum atomic E-state index is 6.46. The van der Waals surface area contributed by atoms with E-state index in [0.29, 0.717) is 17.2 Å². The number of alkyl halides is 1. The van der Waals surface area contributed by atoms with E-state index in [-0.39, 0.29) is 0 Å². The lowest BCUT2D eigenvalue weighted by Crippen LogP contribution is -2.52. The molecule has 4 aliphatic carbocycles. The van der Waals surface area contributed by atoms with Crippen LogP contribution in [0.1, 0.15) is 25.7 Å². The first-order valence-corrected chi connectivity index (χ1v) is 5.98. The Kier molecular flexibility index (Phi) is 2.01. The van der Waals surface area contributed by atoms with E-state index in [1.54, 1.807) is 7.11 Å². The van der Waals surface area contributed by atoms with Crippen LogP contribution in [0.2, 0.25) is 0 Å². The first kappa shape index (κ1) is 9.02. The second-order valence-electron chi connectivity index (χ2n) is 5.02. The van der Waals surface area contributed by atoms with Crippen molar-refractivity contribution in [2.75, 3.05) is 7.11 Å². The summed E-state index contributed by atoms with van der Waals surface area (Å²) in [6.45, 7) is 0. The Balaban J connectivity index is 1.93. The Bertz CT molecular complexity index is 278. The van der Waals surface area contributed by atoms with E-state index in [9.17, 15) is 0 Å². The topological polar surface area (TPSA) is 21.6 Å². The lowest BCUT2D eigenvalue weighted by atomic mass is 9.55. The van der Waals surface area contributed by atoms with Crippen molar-refractivity contribution in [2.24, 2.45) is 28.8 Å². The van der Waals surface area contributed by atoms with Crippen LogP contribution in [0.5, 0.6) is 0 Å². The maximum absolute atomic E-state index is 6.46. The summed E-state index contributed by atoms with van der Waals surface area (Å²) in [4.78, 5) is 4.95. The third-order valence-corrected chi connectivity index (χ3v) is 4.92. The van der Waals surface area contributed by atoms with Crippen LogP contribution in [0.3, 0.4) is 0 Å². The van der Waals surface area contributed by atoms with Crippen LogP contribution in [0, 0.1) is 23.7 Å². The molecule has 0 aromatic rings. The van der Waals surface area contributed by atoms with Crippen molar-refractivity contribution in [1.82, 2.24) is 0 Å². The predicted octanol–water partition coefficient (Wildman–Crippen LogP) is 2.66. The number of rotatable bonds is 1. The van der Waals surface area contributed by atoms with Gasteiger partial charge < -0.3 is 4.84 Å². The summed E-state index contributed by atoms with van der Waals surface area (Å²) in [6.07, 6.45) is 5.20. The zero-order valence-corrected chi connectivity index (χ0v) is 9.20. The van der Waals surface area contributed by atoms with Crippen LogP contribution >= 0.6 is 11.6 Å². The minimum Gasteiger partial charge on any atom is -0.399 e. The third-order valence-electron chi connectivity index (χ3n) is 4.26. The van der Waals surface area contributed by atoms with Crippen molar-refractivity contribution in [3.05, 3.63) is 0 Å². The second kappa shape index (κ2) is 3.13. The van der Waals surface area contributed by atoms with Crippen LogP contribution in [0.15, 0.2) is 5.16 Å². The molecule has 4 fully saturated rings. The molecular formula is C11H16ClNO. The molecule has 0 aromatic heterocycles. The Labute approximate surface area is 89.6 Å². The molecule has 78 valence electrons. The van der Waals surface area contributed by atoms with Gasteiger partial charge in [0.15, 0.2) is 0 Å². The van der Waals surface area contributed by atoms with Crippen molar-refractivity contribution >= 4 is 17.3 Å². The van der Waals surface area contributed by atoms with Crippen LogP contribution in [-0.2, 0) is 4.84 Å². The molecule has 2 nitrogen and oxygen atoms in total. The van der Waals surface area contributed by atoms with E-state index in [4.69, 9.17) is 16.4 Å². The Morgan fingerprint density at radius 2 is 2.14 bits per heavy atom. The maximum Gasteiger partial charge on any atom is 0.106 e. The van der Waals surface area contributed by atoms with Crippen molar-refractivity contribution < 1.29 is 4.84 Å². The summed E-state index contributed by atoms with van der Waals surface area (Å²) in [7, 11) is 1.64. The molecule has 4 bridgehead atoms. The van der Waals surface area contributed by atoms with Gasteiger partial charge >= 0.3 is 0 Å². The summed E-state index contributed by atoms with van der Waals surface area (Å²) in [5, 5.41) is 4.54. The summed E-state index contributed by atoms with van der Waals surface area (Å²) in [6, 6.07) is 0. The smallest absolute Gasteiger partial charge is 0.106 e. The van der Waals surface area contributed by atoms with Crippen molar-refractivity contribution in [1.29, 1.82) is 0 Å². The van der Waals surface area contributed by atoms with Gasteiger partial charge in [-0.2, -0.15) is 0 Å². The molecule has 0 aromatic carbocycles. The normalized spacial score (nSPS) is 52.7. The van der Waals surface area contributed by atoms with Gasteiger partial charge in [0.2, 0.25) is 0 Å². The number of hydrogen-bond donors (Lipinski definition) is 0. The Morgan fingerprint density at radius 1 is 1.29 bits per heavy atom. The zero-order chi connectivity index (χ0) is 9.71. The number of hydrogen-bond acceptors (Lipinski definition) is 2. The molecule has 4 rings (SSSR count). The molecule has 4 aliphatic rings. The average Bonchev–Trinajstić information content (AvgIpc) is 2.18. The lowest BCUT2D eigenvalue weighted by molar-refractivity contribution is 0.103. The first-order chi connectivity index (χ1) is 6.79.